The maximum absolute atomic E-state index is 12.6. The molecule has 2 aromatic rings. The first-order chi connectivity index (χ1) is 12.1. The molecular formula is C16H14F3NO5S. The molecular weight excluding hydrogens is 375 g/mol. The van der Waals surface area contributed by atoms with E-state index < -0.39 is 27.7 Å². The first kappa shape index (κ1) is 19.7. The number of primary sulfonamides is 1. The Morgan fingerprint density at radius 2 is 1.69 bits per heavy atom. The lowest BCUT2D eigenvalue weighted by atomic mass is 10.1. The van der Waals surface area contributed by atoms with Crippen molar-refractivity contribution in [3.63, 3.8) is 0 Å². The monoisotopic (exact) mass is 389 g/mol. The van der Waals surface area contributed by atoms with Gasteiger partial charge >= 0.3 is 12.1 Å². The summed E-state index contributed by atoms with van der Waals surface area (Å²) in [5.74, 6) is -0.600. The third kappa shape index (κ3) is 5.46. The Balaban J connectivity index is 1.85. The minimum absolute atomic E-state index is 0.0700. The standard InChI is InChI=1S/C16H14F3NO5S/c17-16(18,19)12-3-1-2-11(10-12)15(21)25-9-8-24-13-4-6-14(7-5-13)26(20,22)23/h1-7,10H,8-9H2,(H2,20,22,23). The number of benzene rings is 2. The van der Waals surface area contributed by atoms with Gasteiger partial charge in [-0.25, -0.2) is 18.4 Å². The molecule has 0 bridgehead atoms. The molecule has 2 rings (SSSR count). The summed E-state index contributed by atoms with van der Waals surface area (Å²) in [6.45, 7) is -0.272. The lowest BCUT2D eigenvalue weighted by Crippen LogP contribution is -2.14. The molecule has 0 heterocycles. The van der Waals surface area contributed by atoms with Gasteiger partial charge in [0.15, 0.2) is 0 Å². The van der Waals surface area contributed by atoms with Crippen LogP contribution in [0.25, 0.3) is 0 Å². The van der Waals surface area contributed by atoms with Crippen molar-refractivity contribution in [3.8, 4) is 5.75 Å². The molecule has 2 aromatic carbocycles. The van der Waals surface area contributed by atoms with Gasteiger partial charge < -0.3 is 9.47 Å². The van der Waals surface area contributed by atoms with Gasteiger partial charge in [0.25, 0.3) is 0 Å². The Morgan fingerprint density at radius 1 is 1.04 bits per heavy atom. The van der Waals surface area contributed by atoms with Gasteiger partial charge in [0.05, 0.1) is 16.0 Å². The molecule has 0 fully saturated rings. The molecule has 2 N–H and O–H groups in total. The Kier molecular flexibility index (Phi) is 5.88. The van der Waals surface area contributed by atoms with E-state index in [1.807, 2.05) is 0 Å². The Hall–Kier alpha value is -2.59. The van der Waals surface area contributed by atoms with E-state index in [0.29, 0.717) is 11.8 Å². The smallest absolute Gasteiger partial charge is 0.416 e. The summed E-state index contributed by atoms with van der Waals surface area (Å²) in [4.78, 5) is 11.7. The highest BCUT2D eigenvalue weighted by Crippen LogP contribution is 2.29. The van der Waals surface area contributed by atoms with Crippen molar-refractivity contribution < 1.29 is 35.9 Å². The Morgan fingerprint density at radius 3 is 2.27 bits per heavy atom. The van der Waals surface area contributed by atoms with Crippen LogP contribution in [0.5, 0.6) is 5.75 Å². The molecule has 0 atom stereocenters. The van der Waals surface area contributed by atoms with Gasteiger partial charge in [-0.15, -0.1) is 0 Å². The van der Waals surface area contributed by atoms with E-state index in [0.717, 1.165) is 12.1 Å². The van der Waals surface area contributed by atoms with E-state index in [2.05, 4.69) is 0 Å². The molecule has 0 amide bonds. The molecule has 0 aliphatic rings. The molecule has 0 radical (unpaired) electrons. The number of ether oxygens (including phenoxy) is 2. The van der Waals surface area contributed by atoms with E-state index in [-0.39, 0.29) is 23.7 Å². The summed E-state index contributed by atoms with van der Waals surface area (Å²) in [6, 6.07) is 9.12. The van der Waals surface area contributed by atoms with E-state index in [4.69, 9.17) is 14.6 Å². The number of sulfonamides is 1. The van der Waals surface area contributed by atoms with Crippen LogP contribution in [-0.2, 0) is 20.9 Å². The fraction of sp³-hybridized carbons (Fsp3) is 0.188. The predicted molar refractivity (Wildman–Crippen MR) is 85.0 cm³/mol. The number of esters is 1. The first-order valence-corrected chi connectivity index (χ1v) is 8.72. The topological polar surface area (TPSA) is 95.7 Å². The number of hydrogen-bond donors (Lipinski definition) is 1. The molecule has 10 heteroatoms. The summed E-state index contributed by atoms with van der Waals surface area (Å²) < 4.78 is 70.1. The van der Waals surface area contributed by atoms with Crippen molar-refractivity contribution in [1.82, 2.24) is 0 Å². The van der Waals surface area contributed by atoms with Crippen LogP contribution in [0, 0.1) is 0 Å². The van der Waals surface area contributed by atoms with Crippen molar-refractivity contribution in [1.29, 1.82) is 0 Å². The average Bonchev–Trinajstić information content (AvgIpc) is 2.57. The van der Waals surface area contributed by atoms with Crippen LogP contribution in [0.1, 0.15) is 15.9 Å². The third-order valence-corrected chi connectivity index (χ3v) is 4.09. The molecule has 0 aliphatic carbocycles. The third-order valence-electron chi connectivity index (χ3n) is 3.16. The molecule has 0 unspecified atom stereocenters. The maximum Gasteiger partial charge on any atom is 0.416 e. The number of rotatable bonds is 6. The molecule has 0 spiro atoms. The summed E-state index contributed by atoms with van der Waals surface area (Å²) >= 11 is 0. The van der Waals surface area contributed by atoms with Crippen molar-refractivity contribution in [2.75, 3.05) is 13.2 Å². The zero-order valence-corrected chi connectivity index (χ0v) is 14.0. The van der Waals surface area contributed by atoms with E-state index >= 15 is 0 Å². The van der Waals surface area contributed by atoms with E-state index in [1.165, 1.54) is 30.3 Å². The number of carbonyl (C=O) groups excluding carboxylic acids is 1. The molecule has 0 saturated heterocycles. The predicted octanol–water partition coefficient (Wildman–Crippen LogP) is 2.59. The second-order valence-electron chi connectivity index (χ2n) is 5.08. The van der Waals surface area contributed by atoms with Gasteiger partial charge in [-0.05, 0) is 42.5 Å². The SMILES string of the molecule is NS(=O)(=O)c1ccc(OCCOC(=O)c2cccc(C(F)(F)F)c2)cc1. The summed E-state index contributed by atoms with van der Waals surface area (Å²) in [5.41, 5.74) is -1.17. The van der Waals surface area contributed by atoms with Gasteiger partial charge in [-0.1, -0.05) is 6.07 Å². The Labute approximate surface area is 147 Å². The normalized spacial score (nSPS) is 11.8. The van der Waals surface area contributed by atoms with Crippen molar-refractivity contribution >= 4 is 16.0 Å². The van der Waals surface area contributed by atoms with Gasteiger partial charge in [-0.3, -0.25) is 0 Å². The largest absolute Gasteiger partial charge is 0.490 e. The molecule has 0 aliphatic heterocycles. The minimum atomic E-state index is -4.55. The lowest BCUT2D eigenvalue weighted by molar-refractivity contribution is -0.137. The van der Waals surface area contributed by atoms with Gasteiger partial charge in [0, 0.05) is 0 Å². The maximum atomic E-state index is 12.6. The van der Waals surface area contributed by atoms with Crippen LogP contribution in [-0.4, -0.2) is 27.6 Å². The van der Waals surface area contributed by atoms with Crippen LogP contribution < -0.4 is 9.88 Å². The van der Waals surface area contributed by atoms with Crippen LogP contribution in [0.4, 0.5) is 13.2 Å². The fourth-order valence-corrected chi connectivity index (χ4v) is 2.44. The van der Waals surface area contributed by atoms with Crippen molar-refractivity contribution in [3.05, 3.63) is 59.7 Å². The zero-order valence-electron chi connectivity index (χ0n) is 13.2. The van der Waals surface area contributed by atoms with E-state index in [9.17, 15) is 26.4 Å². The summed E-state index contributed by atoms with van der Waals surface area (Å²) in [7, 11) is -3.81. The van der Waals surface area contributed by atoms with Crippen LogP contribution in [0.2, 0.25) is 0 Å². The second kappa shape index (κ2) is 7.75. The summed E-state index contributed by atoms with van der Waals surface area (Å²) in [5, 5.41) is 4.96. The highest BCUT2D eigenvalue weighted by Gasteiger charge is 2.31. The molecule has 26 heavy (non-hydrogen) atoms. The van der Waals surface area contributed by atoms with Gasteiger partial charge in [-0.2, -0.15) is 13.2 Å². The number of carbonyl (C=O) groups is 1. The van der Waals surface area contributed by atoms with Gasteiger partial charge in [0.1, 0.15) is 19.0 Å². The average molecular weight is 389 g/mol. The second-order valence-corrected chi connectivity index (χ2v) is 6.64. The van der Waals surface area contributed by atoms with Crippen LogP contribution >= 0.6 is 0 Å². The van der Waals surface area contributed by atoms with Crippen molar-refractivity contribution in [2.45, 2.75) is 11.1 Å². The minimum Gasteiger partial charge on any atom is -0.490 e. The Bertz CT molecular complexity index is 880. The molecule has 140 valence electrons. The van der Waals surface area contributed by atoms with Crippen molar-refractivity contribution in [2.24, 2.45) is 5.14 Å². The molecule has 0 aromatic heterocycles. The molecule has 6 nitrogen and oxygen atoms in total. The van der Waals surface area contributed by atoms with Crippen LogP contribution in [0.3, 0.4) is 0 Å². The number of nitrogens with two attached hydrogens (primary N) is 1. The highest BCUT2D eigenvalue weighted by atomic mass is 32.2. The summed E-state index contributed by atoms with van der Waals surface area (Å²) in [6.07, 6.45) is -4.55. The lowest BCUT2D eigenvalue weighted by Gasteiger charge is -2.10. The van der Waals surface area contributed by atoms with E-state index in [1.54, 1.807) is 0 Å². The highest BCUT2D eigenvalue weighted by molar-refractivity contribution is 7.89. The quantitative estimate of drug-likeness (QED) is 0.605. The number of hydrogen-bond acceptors (Lipinski definition) is 5. The zero-order chi connectivity index (χ0) is 19.4. The molecule has 0 saturated carbocycles. The first-order valence-electron chi connectivity index (χ1n) is 7.17. The van der Waals surface area contributed by atoms with Gasteiger partial charge in [0.2, 0.25) is 10.0 Å². The fourth-order valence-electron chi connectivity index (χ4n) is 1.93. The number of alkyl halides is 3. The van der Waals surface area contributed by atoms with Crippen LogP contribution in [0.15, 0.2) is 53.4 Å². The number of halogens is 3.